The van der Waals surface area contributed by atoms with Gasteiger partial charge in [-0.1, -0.05) is 13.3 Å². The Labute approximate surface area is 136 Å². The quantitative estimate of drug-likeness (QED) is 0.870. The van der Waals surface area contributed by atoms with Crippen LogP contribution in [0.4, 0.5) is 5.95 Å². The number of nitrogens with two attached hydrogens (primary N) is 1. The molecule has 2 aliphatic rings. The molecule has 23 heavy (non-hydrogen) atoms. The van der Waals surface area contributed by atoms with Gasteiger partial charge >= 0.3 is 0 Å². The van der Waals surface area contributed by atoms with E-state index in [1.54, 1.807) is 12.4 Å². The molecule has 1 amide bonds. The van der Waals surface area contributed by atoms with Gasteiger partial charge in [0.1, 0.15) is 0 Å². The summed E-state index contributed by atoms with van der Waals surface area (Å²) in [6, 6.07) is 0.0763. The molecule has 0 saturated carbocycles. The first-order valence-corrected chi connectivity index (χ1v) is 8.38. The molecule has 7 nitrogen and oxygen atoms in total. The van der Waals surface area contributed by atoms with Crippen LogP contribution in [-0.2, 0) is 4.74 Å². The Balaban J connectivity index is 1.64. The number of hydrogen-bond acceptors (Lipinski definition) is 6. The summed E-state index contributed by atoms with van der Waals surface area (Å²) >= 11 is 0. The summed E-state index contributed by atoms with van der Waals surface area (Å²) in [5.41, 5.74) is 6.68. The summed E-state index contributed by atoms with van der Waals surface area (Å²) in [7, 11) is 0. The zero-order chi connectivity index (χ0) is 16.2. The van der Waals surface area contributed by atoms with E-state index in [0.29, 0.717) is 37.2 Å². The number of carbonyl (C=O) groups is 1. The second-order valence-corrected chi connectivity index (χ2v) is 6.29. The van der Waals surface area contributed by atoms with Gasteiger partial charge in [0.2, 0.25) is 5.95 Å². The van der Waals surface area contributed by atoms with Crippen molar-refractivity contribution in [1.82, 2.24) is 14.9 Å². The minimum atomic E-state index is -0.0208. The Morgan fingerprint density at radius 3 is 2.65 bits per heavy atom. The molecule has 3 rings (SSSR count). The van der Waals surface area contributed by atoms with Crippen molar-refractivity contribution < 1.29 is 9.53 Å². The third kappa shape index (κ3) is 3.61. The van der Waals surface area contributed by atoms with Crippen LogP contribution in [0.5, 0.6) is 0 Å². The van der Waals surface area contributed by atoms with Crippen molar-refractivity contribution in [1.29, 1.82) is 0 Å². The number of anilines is 1. The van der Waals surface area contributed by atoms with E-state index in [1.807, 2.05) is 4.90 Å². The van der Waals surface area contributed by atoms with Crippen molar-refractivity contribution >= 4 is 11.9 Å². The number of rotatable bonds is 4. The van der Waals surface area contributed by atoms with Crippen LogP contribution >= 0.6 is 0 Å². The second kappa shape index (κ2) is 7.23. The highest BCUT2D eigenvalue weighted by Gasteiger charge is 2.32. The highest BCUT2D eigenvalue weighted by atomic mass is 16.5. The van der Waals surface area contributed by atoms with Gasteiger partial charge in [0.05, 0.1) is 18.8 Å². The fourth-order valence-electron chi connectivity index (χ4n) is 3.28. The number of carbonyl (C=O) groups excluding carboxylic acids is 1. The molecule has 0 unspecified atom stereocenters. The van der Waals surface area contributed by atoms with Crippen LogP contribution in [0.2, 0.25) is 0 Å². The third-order valence-electron chi connectivity index (χ3n) is 4.62. The van der Waals surface area contributed by atoms with Gasteiger partial charge in [0.25, 0.3) is 5.91 Å². The summed E-state index contributed by atoms with van der Waals surface area (Å²) in [5, 5.41) is 0. The van der Waals surface area contributed by atoms with E-state index in [0.717, 1.165) is 32.5 Å². The Morgan fingerprint density at radius 2 is 2.00 bits per heavy atom. The Kier molecular flexibility index (Phi) is 5.07. The average Bonchev–Trinajstić information content (AvgIpc) is 2.96. The van der Waals surface area contributed by atoms with Crippen LogP contribution in [0.3, 0.4) is 0 Å². The zero-order valence-corrected chi connectivity index (χ0v) is 13.6. The Morgan fingerprint density at radius 1 is 1.30 bits per heavy atom. The zero-order valence-electron chi connectivity index (χ0n) is 13.6. The summed E-state index contributed by atoms with van der Waals surface area (Å²) in [4.78, 5) is 25.2. The molecule has 126 valence electrons. The molecule has 1 aromatic rings. The van der Waals surface area contributed by atoms with Crippen molar-refractivity contribution in [2.24, 2.45) is 11.7 Å². The first kappa shape index (κ1) is 16.1. The van der Waals surface area contributed by atoms with Gasteiger partial charge in [-0.25, -0.2) is 9.97 Å². The highest BCUT2D eigenvalue weighted by Crippen LogP contribution is 2.22. The van der Waals surface area contributed by atoms with Gasteiger partial charge in [0, 0.05) is 44.6 Å². The van der Waals surface area contributed by atoms with Crippen LogP contribution in [0.1, 0.15) is 30.1 Å². The lowest BCUT2D eigenvalue weighted by atomic mass is 9.99. The fourth-order valence-corrected chi connectivity index (χ4v) is 3.28. The predicted molar refractivity (Wildman–Crippen MR) is 87.3 cm³/mol. The third-order valence-corrected chi connectivity index (χ3v) is 4.62. The Hall–Kier alpha value is -1.73. The topological polar surface area (TPSA) is 84.6 Å². The van der Waals surface area contributed by atoms with E-state index in [9.17, 15) is 4.79 Å². The highest BCUT2D eigenvalue weighted by molar-refractivity contribution is 5.94. The van der Waals surface area contributed by atoms with Crippen LogP contribution in [0.25, 0.3) is 0 Å². The van der Waals surface area contributed by atoms with E-state index in [4.69, 9.17) is 10.5 Å². The van der Waals surface area contributed by atoms with Crippen molar-refractivity contribution in [3.63, 3.8) is 0 Å². The minimum Gasteiger partial charge on any atom is -0.378 e. The maximum atomic E-state index is 12.6. The lowest BCUT2D eigenvalue weighted by molar-refractivity contribution is 0.0784. The molecule has 2 N–H and O–H groups in total. The number of ether oxygens (including phenoxy) is 1. The summed E-state index contributed by atoms with van der Waals surface area (Å²) in [6.45, 7) is 6.45. The molecule has 3 heterocycles. The van der Waals surface area contributed by atoms with E-state index < -0.39 is 0 Å². The van der Waals surface area contributed by atoms with Crippen LogP contribution in [-0.4, -0.2) is 66.2 Å². The molecule has 2 fully saturated rings. The molecule has 2 saturated heterocycles. The number of aromatic nitrogens is 2. The van der Waals surface area contributed by atoms with Gasteiger partial charge < -0.3 is 20.3 Å². The standard InChI is InChI=1S/C16H25N5O2/c1-2-3-12-10-21(11-14(12)17)15(22)13-8-18-16(19-9-13)20-4-6-23-7-5-20/h8-9,12,14H,2-7,10-11,17H2,1H3/t12-,14-/m0/s1. The van der Waals surface area contributed by atoms with E-state index >= 15 is 0 Å². The molecular formula is C16H25N5O2. The smallest absolute Gasteiger partial charge is 0.257 e. The number of likely N-dealkylation sites (tertiary alicyclic amines) is 1. The minimum absolute atomic E-state index is 0.0208. The predicted octanol–water partition coefficient (Wildman–Crippen LogP) is 0.513. The molecule has 2 atom stereocenters. The summed E-state index contributed by atoms with van der Waals surface area (Å²) in [6.07, 6.45) is 5.41. The van der Waals surface area contributed by atoms with E-state index in [-0.39, 0.29) is 11.9 Å². The summed E-state index contributed by atoms with van der Waals surface area (Å²) < 4.78 is 5.32. The average molecular weight is 319 g/mol. The van der Waals surface area contributed by atoms with Crippen molar-refractivity contribution in [2.75, 3.05) is 44.3 Å². The van der Waals surface area contributed by atoms with E-state index in [1.165, 1.54) is 0 Å². The maximum absolute atomic E-state index is 12.6. The van der Waals surface area contributed by atoms with Gasteiger partial charge in [-0.15, -0.1) is 0 Å². The van der Waals surface area contributed by atoms with Gasteiger partial charge in [-0.2, -0.15) is 0 Å². The molecule has 0 bridgehead atoms. The van der Waals surface area contributed by atoms with Crippen molar-refractivity contribution in [3.8, 4) is 0 Å². The van der Waals surface area contributed by atoms with Gasteiger partial charge in [0.15, 0.2) is 0 Å². The Bertz CT molecular complexity index is 530. The number of nitrogens with zero attached hydrogens (tertiary/aromatic N) is 4. The van der Waals surface area contributed by atoms with Crippen LogP contribution in [0, 0.1) is 5.92 Å². The molecule has 0 aromatic carbocycles. The molecule has 0 radical (unpaired) electrons. The van der Waals surface area contributed by atoms with Gasteiger partial charge in [-0.05, 0) is 12.3 Å². The molecule has 1 aromatic heterocycles. The normalized spacial score (nSPS) is 25.0. The maximum Gasteiger partial charge on any atom is 0.257 e. The first-order valence-electron chi connectivity index (χ1n) is 8.38. The molecule has 0 aliphatic carbocycles. The SMILES string of the molecule is CCC[C@H]1CN(C(=O)c2cnc(N3CCOCC3)nc2)C[C@@H]1N. The lowest BCUT2D eigenvalue weighted by Gasteiger charge is -2.26. The van der Waals surface area contributed by atoms with Crippen LogP contribution in [0.15, 0.2) is 12.4 Å². The van der Waals surface area contributed by atoms with Crippen LogP contribution < -0.4 is 10.6 Å². The number of hydrogen-bond donors (Lipinski definition) is 1. The molecule has 7 heteroatoms. The largest absolute Gasteiger partial charge is 0.378 e. The van der Waals surface area contributed by atoms with Crippen molar-refractivity contribution in [3.05, 3.63) is 18.0 Å². The first-order chi connectivity index (χ1) is 11.2. The van der Waals surface area contributed by atoms with E-state index in [2.05, 4.69) is 21.8 Å². The summed E-state index contributed by atoms with van der Waals surface area (Å²) in [5.74, 6) is 1.04. The lowest BCUT2D eigenvalue weighted by Crippen LogP contribution is -2.37. The monoisotopic (exact) mass is 319 g/mol. The van der Waals surface area contributed by atoms with Gasteiger partial charge in [-0.3, -0.25) is 4.79 Å². The number of amides is 1. The molecular weight excluding hydrogens is 294 g/mol. The second-order valence-electron chi connectivity index (χ2n) is 6.29. The molecule has 0 spiro atoms. The van der Waals surface area contributed by atoms with Crippen molar-refractivity contribution in [2.45, 2.75) is 25.8 Å². The number of morpholine rings is 1. The fraction of sp³-hybridized carbons (Fsp3) is 0.688. The molecule has 2 aliphatic heterocycles.